The minimum Gasteiger partial charge on any atom is -0.496 e. The standard InChI is InChI=1S/C16H16O4/c1-19-11-7-8-12(20-2)14-13(11)15(17)9-5-3-4-6-10(9)16(14)18/h3-8,15-18H,1-2H3. The van der Waals surface area contributed by atoms with E-state index in [9.17, 15) is 10.2 Å². The molecule has 1 aliphatic rings. The van der Waals surface area contributed by atoms with Crippen LogP contribution in [0.1, 0.15) is 34.5 Å². The average Bonchev–Trinajstić information content (AvgIpc) is 2.51. The van der Waals surface area contributed by atoms with Crippen LogP contribution in [-0.4, -0.2) is 24.4 Å². The molecular weight excluding hydrogens is 256 g/mol. The number of aliphatic hydroxyl groups excluding tert-OH is 2. The molecule has 1 aliphatic carbocycles. The highest BCUT2D eigenvalue weighted by Gasteiger charge is 2.34. The van der Waals surface area contributed by atoms with Gasteiger partial charge in [-0.25, -0.2) is 0 Å². The molecule has 0 spiro atoms. The van der Waals surface area contributed by atoms with Crippen LogP contribution in [0.4, 0.5) is 0 Å². The molecule has 2 unspecified atom stereocenters. The normalized spacial score (nSPS) is 20.0. The van der Waals surface area contributed by atoms with Crippen LogP contribution in [0.25, 0.3) is 0 Å². The van der Waals surface area contributed by atoms with Crippen molar-refractivity contribution >= 4 is 0 Å². The lowest BCUT2D eigenvalue weighted by Gasteiger charge is -2.31. The maximum atomic E-state index is 10.6. The van der Waals surface area contributed by atoms with Crippen molar-refractivity contribution in [3.8, 4) is 11.5 Å². The Kier molecular flexibility index (Phi) is 3.12. The second-order valence-corrected chi connectivity index (χ2v) is 4.73. The van der Waals surface area contributed by atoms with Crippen LogP contribution in [0, 0.1) is 0 Å². The van der Waals surface area contributed by atoms with Crippen molar-refractivity contribution in [2.45, 2.75) is 12.2 Å². The number of hydrogen-bond acceptors (Lipinski definition) is 4. The highest BCUT2D eigenvalue weighted by atomic mass is 16.5. The van der Waals surface area contributed by atoms with E-state index in [4.69, 9.17) is 9.47 Å². The zero-order valence-corrected chi connectivity index (χ0v) is 11.3. The highest BCUT2D eigenvalue weighted by Crippen LogP contribution is 2.48. The van der Waals surface area contributed by atoms with Gasteiger partial charge in [0, 0.05) is 11.1 Å². The lowest BCUT2D eigenvalue weighted by Crippen LogP contribution is -2.19. The summed E-state index contributed by atoms with van der Waals surface area (Å²) in [5.41, 5.74) is 2.52. The van der Waals surface area contributed by atoms with Crippen LogP contribution in [0.15, 0.2) is 36.4 Å². The number of hydrogen-bond donors (Lipinski definition) is 2. The molecule has 2 aromatic carbocycles. The fourth-order valence-electron chi connectivity index (χ4n) is 2.84. The van der Waals surface area contributed by atoms with Crippen LogP contribution in [-0.2, 0) is 0 Å². The Balaban J connectivity index is 2.31. The topological polar surface area (TPSA) is 58.9 Å². The van der Waals surface area contributed by atoms with E-state index >= 15 is 0 Å². The van der Waals surface area contributed by atoms with Gasteiger partial charge in [-0.05, 0) is 23.3 Å². The first kappa shape index (κ1) is 13.0. The second-order valence-electron chi connectivity index (χ2n) is 4.73. The zero-order valence-electron chi connectivity index (χ0n) is 11.3. The van der Waals surface area contributed by atoms with Gasteiger partial charge < -0.3 is 19.7 Å². The zero-order chi connectivity index (χ0) is 14.3. The van der Waals surface area contributed by atoms with E-state index in [0.29, 0.717) is 33.8 Å². The van der Waals surface area contributed by atoms with Gasteiger partial charge in [-0.3, -0.25) is 0 Å². The molecule has 0 bridgehead atoms. The molecule has 0 radical (unpaired) electrons. The molecule has 3 rings (SSSR count). The van der Waals surface area contributed by atoms with Crippen molar-refractivity contribution in [1.82, 2.24) is 0 Å². The Morgan fingerprint density at radius 1 is 0.750 bits per heavy atom. The summed E-state index contributed by atoms with van der Waals surface area (Å²) in [5.74, 6) is 1.09. The van der Waals surface area contributed by atoms with Crippen molar-refractivity contribution in [2.24, 2.45) is 0 Å². The average molecular weight is 272 g/mol. The van der Waals surface area contributed by atoms with Crippen molar-refractivity contribution in [1.29, 1.82) is 0 Å². The molecule has 2 N–H and O–H groups in total. The SMILES string of the molecule is COc1ccc(OC)c2c1C(O)c1ccccc1C2O. The smallest absolute Gasteiger partial charge is 0.125 e. The largest absolute Gasteiger partial charge is 0.496 e. The molecule has 0 heterocycles. The second kappa shape index (κ2) is 4.81. The van der Waals surface area contributed by atoms with Gasteiger partial charge in [-0.1, -0.05) is 24.3 Å². The molecule has 2 atom stereocenters. The Bertz CT molecular complexity index is 595. The fraction of sp³-hybridized carbons (Fsp3) is 0.250. The summed E-state index contributed by atoms with van der Waals surface area (Å²) in [7, 11) is 3.09. The lowest BCUT2D eigenvalue weighted by atomic mass is 9.81. The predicted octanol–water partition coefficient (Wildman–Crippen LogP) is 2.18. The van der Waals surface area contributed by atoms with E-state index in [1.807, 2.05) is 24.3 Å². The van der Waals surface area contributed by atoms with Crippen molar-refractivity contribution < 1.29 is 19.7 Å². The first-order valence-electron chi connectivity index (χ1n) is 6.38. The molecule has 0 saturated heterocycles. The molecule has 0 aliphatic heterocycles. The Morgan fingerprint density at radius 3 is 1.50 bits per heavy atom. The molecule has 0 amide bonds. The number of aliphatic hydroxyl groups is 2. The molecule has 0 fully saturated rings. The van der Waals surface area contributed by atoms with Crippen LogP contribution < -0.4 is 9.47 Å². The van der Waals surface area contributed by atoms with Gasteiger partial charge in [0.15, 0.2) is 0 Å². The molecule has 4 nitrogen and oxygen atoms in total. The highest BCUT2D eigenvalue weighted by molar-refractivity contribution is 5.60. The van der Waals surface area contributed by atoms with E-state index in [1.165, 1.54) is 0 Å². The van der Waals surface area contributed by atoms with Gasteiger partial charge in [0.05, 0.1) is 14.2 Å². The summed E-state index contributed by atoms with van der Waals surface area (Å²) >= 11 is 0. The van der Waals surface area contributed by atoms with E-state index < -0.39 is 12.2 Å². The van der Waals surface area contributed by atoms with E-state index in [0.717, 1.165) is 0 Å². The summed E-state index contributed by atoms with van der Waals surface area (Å²) in [6.07, 6.45) is -1.68. The molecule has 2 aromatic rings. The fourth-order valence-corrected chi connectivity index (χ4v) is 2.84. The first-order valence-corrected chi connectivity index (χ1v) is 6.38. The number of rotatable bonds is 2. The van der Waals surface area contributed by atoms with Crippen molar-refractivity contribution in [3.05, 3.63) is 58.7 Å². The molecule has 0 saturated carbocycles. The van der Waals surface area contributed by atoms with Gasteiger partial charge >= 0.3 is 0 Å². The third-order valence-corrected chi connectivity index (χ3v) is 3.78. The van der Waals surface area contributed by atoms with Gasteiger partial charge in [0.1, 0.15) is 23.7 Å². The number of ether oxygens (including phenoxy) is 2. The maximum absolute atomic E-state index is 10.6. The third-order valence-electron chi connectivity index (χ3n) is 3.78. The van der Waals surface area contributed by atoms with Gasteiger partial charge in [-0.15, -0.1) is 0 Å². The van der Waals surface area contributed by atoms with E-state index in [-0.39, 0.29) is 0 Å². The quantitative estimate of drug-likeness (QED) is 0.879. The molecule has 4 heteroatoms. The number of benzene rings is 2. The van der Waals surface area contributed by atoms with Gasteiger partial charge in [0.25, 0.3) is 0 Å². The Labute approximate surface area is 117 Å². The summed E-state index contributed by atoms with van der Waals surface area (Å²) in [5, 5.41) is 21.2. The summed E-state index contributed by atoms with van der Waals surface area (Å²) in [6, 6.07) is 10.8. The van der Waals surface area contributed by atoms with Crippen LogP contribution in [0.2, 0.25) is 0 Å². The van der Waals surface area contributed by atoms with E-state index in [1.54, 1.807) is 26.4 Å². The summed E-state index contributed by atoms with van der Waals surface area (Å²) < 4.78 is 10.6. The maximum Gasteiger partial charge on any atom is 0.125 e. The van der Waals surface area contributed by atoms with Crippen LogP contribution >= 0.6 is 0 Å². The predicted molar refractivity (Wildman–Crippen MR) is 74.1 cm³/mol. The van der Waals surface area contributed by atoms with Crippen LogP contribution in [0.5, 0.6) is 11.5 Å². The number of methoxy groups -OCH3 is 2. The third kappa shape index (κ3) is 1.69. The minimum absolute atomic E-state index is 0.543. The van der Waals surface area contributed by atoms with Crippen molar-refractivity contribution in [2.75, 3.05) is 14.2 Å². The van der Waals surface area contributed by atoms with Gasteiger partial charge in [0.2, 0.25) is 0 Å². The molecule has 0 aromatic heterocycles. The first-order chi connectivity index (χ1) is 9.69. The Morgan fingerprint density at radius 2 is 1.15 bits per heavy atom. The molecular formula is C16H16O4. The Hall–Kier alpha value is -2.04. The van der Waals surface area contributed by atoms with Gasteiger partial charge in [-0.2, -0.15) is 0 Å². The number of fused-ring (bicyclic) bond motifs is 2. The van der Waals surface area contributed by atoms with Crippen LogP contribution in [0.3, 0.4) is 0 Å². The monoisotopic (exact) mass is 272 g/mol. The van der Waals surface area contributed by atoms with E-state index in [2.05, 4.69) is 0 Å². The lowest BCUT2D eigenvalue weighted by molar-refractivity contribution is 0.166. The summed E-state index contributed by atoms with van der Waals surface area (Å²) in [6.45, 7) is 0. The summed E-state index contributed by atoms with van der Waals surface area (Å²) in [4.78, 5) is 0. The molecule has 104 valence electrons. The van der Waals surface area contributed by atoms with Crippen molar-refractivity contribution in [3.63, 3.8) is 0 Å². The minimum atomic E-state index is -0.838. The molecule has 20 heavy (non-hydrogen) atoms.